The lowest BCUT2D eigenvalue weighted by molar-refractivity contribution is -0.139. The summed E-state index contributed by atoms with van der Waals surface area (Å²) < 4.78 is 66.4. The summed E-state index contributed by atoms with van der Waals surface area (Å²) in [5, 5.41) is 2.99. The number of unbranched alkanes of at least 4 members (excludes halogenated alkanes) is 3. The molecular formula is C21H31F3N2O3S. The van der Waals surface area contributed by atoms with Crippen LogP contribution < -0.4 is 5.32 Å². The molecule has 30 heavy (non-hydrogen) atoms. The summed E-state index contributed by atoms with van der Waals surface area (Å²) in [6.07, 6.45) is 1.23. The highest BCUT2D eigenvalue weighted by Gasteiger charge is 2.40. The molecule has 1 N–H and O–H groups in total. The quantitative estimate of drug-likeness (QED) is 0.563. The molecular weight excluding hydrogens is 417 g/mol. The number of hydrogen-bond donors (Lipinski definition) is 1. The molecule has 0 spiro atoms. The zero-order chi connectivity index (χ0) is 22.4. The van der Waals surface area contributed by atoms with Gasteiger partial charge in [-0.3, -0.25) is 4.79 Å². The van der Waals surface area contributed by atoms with E-state index in [1.807, 2.05) is 6.92 Å². The number of benzene rings is 1. The fraction of sp³-hybridized carbons (Fsp3) is 0.667. The van der Waals surface area contributed by atoms with E-state index in [0.717, 1.165) is 42.1 Å². The highest BCUT2D eigenvalue weighted by atomic mass is 32.2. The van der Waals surface area contributed by atoms with Crippen LogP contribution >= 0.6 is 0 Å². The number of rotatable bonds is 9. The number of nitrogens with one attached hydrogen (secondary N) is 1. The van der Waals surface area contributed by atoms with Crippen LogP contribution in [0.2, 0.25) is 0 Å². The highest BCUT2D eigenvalue weighted by molar-refractivity contribution is 7.89. The van der Waals surface area contributed by atoms with Gasteiger partial charge in [-0.05, 0) is 38.3 Å². The van der Waals surface area contributed by atoms with Gasteiger partial charge >= 0.3 is 6.18 Å². The second-order valence-corrected chi connectivity index (χ2v) is 9.84. The topological polar surface area (TPSA) is 66.5 Å². The molecule has 1 atom stereocenters. The fourth-order valence-corrected chi connectivity index (χ4v) is 5.42. The standard InChI is InChI=1S/C21H31F3N2O3S/c1-3-4-5-6-9-16(2)25-20(27)17-12-14-26(15-13-17)30(28,29)19-11-8-7-10-18(19)21(22,23)24/h7-8,10-11,16-17H,3-6,9,12-15H2,1-2H3,(H,25,27). The van der Waals surface area contributed by atoms with Crippen molar-refractivity contribution >= 4 is 15.9 Å². The Labute approximate surface area is 177 Å². The van der Waals surface area contributed by atoms with Gasteiger partial charge in [0.1, 0.15) is 0 Å². The Hall–Kier alpha value is -1.61. The minimum Gasteiger partial charge on any atom is -0.353 e. The molecule has 0 bridgehead atoms. The van der Waals surface area contributed by atoms with Gasteiger partial charge in [0, 0.05) is 25.0 Å². The van der Waals surface area contributed by atoms with E-state index in [1.54, 1.807) is 0 Å². The summed E-state index contributed by atoms with van der Waals surface area (Å²) in [5.74, 6) is -0.432. The summed E-state index contributed by atoms with van der Waals surface area (Å²) in [7, 11) is -4.28. The summed E-state index contributed by atoms with van der Waals surface area (Å²) in [5.41, 5.74) is -1.17. The number of alkyl halides is 3. The van der Waals surface area contributed by atoms with Crippen LogP contribution in [0.25, 0.3) is 0 Å². The molecule has 9 heteroatoms. The van der Waals surface area contributed by atoms with Crippen molar-refractivity contribution in [3.05, 3.63) is 29.8 Å². The Kier molecular flexibility index (Phi) is 8.73. The molecule has 1 amide bonds. The van der Waals surface area contributed by atoms with E-state index < -0.39 is 26.7 Å². The molecule has 0 radical (unpaired) electrons. The second-order valence-electron chi connectivity index (χ2n) is 7.93. The SMILES string of the molecule is CCCCCCC(C)NC(=O)C1CCN(S(=O)(=O)c2ccccc2C(F)(F)F)CC1. The molecule has 1 aliphatic rings. The Morgan fingerprint density at radius 1 is 1.17 bits per heavy atom. The molecule has 1 aromatic rings. The van der Waals surface area contributed by atoms with E-state index in [0.29, 0.717) is 12.8 Å². The van der Waals surface area contributed by atoms with E-state index in [-0.39, 0.29) is 31.0 Å². The van der Waals surface area contributed by atoms with E-state index >= 15 is 0 Å². The smallest absolute Gasteiger partial charge is 0.353 e. The summed E-state index contributed by atoms with van der Waals surface area (Å²) in [6.45, 7) is 4.14. The molecule has 5 nitrogen and oxygen atoms in total. The lowest BCUT2D eigenvalue weighted by atomic mass is 9.96. The first-order chi connectivity index (χ1) is 14.1. The molecule has 1 aliphatic heterocycles. The van der Waals surface area contributed by atoms with Gasteiger partial charge in [-0.15, -0.1) is 0 Å². The Morgan fingerprint density at radius 2 is 1.80 bits per heavy atom. The molecule has 1 unspecified atom stereocenters. The molecule has 0 saturated carbocycles. The van der Waals surface area contributed by atoms with Crippen LogP contribution in [0, 0.1) is 5.92 Å². The maximum atomic E-state index is 13.2. The number of amides is 1. The van der Waals surface area contributed by atoms with E-state index in [4.69, 9.17) is 0 Å². The third kappa shape index (κ3) is 6.44. The minimum atomic E-state index is -4.75. The average Bonchev–Trinajstić information content (AvgIpc) is 2.70. The normalized spacial score (nSPS) is 17.6. The highest BCUT2D eigenvalue weighted by Crippen LogP contribution is 2.36. The predicted octanol–water partition coefficient (Wildman–Crippen LogP) is 4.58. The second kappa shape index (κ2) is 10.6. The monoisotopic (exact) mass is 448 g/mol. The van der Waals surface area contributed by atoms with Gasteiger partial charge in [0.25, 0.3) is 0 Å². The van der Waals surface area contributed by atoms with Crippen LogP contribution in [0.5, 0.6) is 0 Å². The van der Waals surface area contributed by atoms with Crippen molar-refractivity contribution in [3.8, 4) is 0 Å². The molecule has 1 heterocycles. The Balaban J connectivity index is 1.95. The van der Waals surface area contributed by atoms with Gasteiger partial charge in [0.05, 0.1) is 10.5 Å². The fourth-order valence-electron chi connectivity index (χ4n) is 3.73. The van der Waals surface area contributed by atoms with Gasteiger partial charge in [0.2, 0.25) is 15.9 Å². The van der Waals surface area contributed by atoms with Crippen LogP contribution in [0.3, 0.4) is 0 Å². The lowest BCUT2D eigenvalue weighted by Crippen LogP contribution is -2.45. The van der Waals surface area contributed by atoms with Crippen molar-refractivity contribution < 1.29 is 26.4 Å². The molecule has 1 aromatic carbocycles. The molecule has 0 aliphatic carbocycles. The summed E-state index contributed by atoms with van der Waals surface area (Å²) >= 11 is 0. The predicted molar refractivity (Wildman–Crippen MR) is 109 cm³/mol. The Morgan fingerprint density at radius 3 is 2.40 bits per heavy atom. The average molecular weight is 449 g/mol. The van der Waals surface area contributed by atoms with Gasteiger partial charge in [-0.2, -0.15) is 17.5 Å². The summed E-state index contributed by atoms with van der Waals surface area (Å²) in [6, 6.07) is 4.26. The molecule has 2 rings (SSSR count). The largest absolute Gasteiger partial charge is 0.417 e. The number of hydrogen-bond acceptors (Lipinski definition) is 3. The zero-order valence-electron chi connectivity index (χ0n) is 17.5. The van der Waals surface area contributed by atoms with Gasteiger partial charge in [-0.1, -0.05) is 44.7 Å². The third-order valence-electron chi connectivity index (χ3n) is 5.51. The first-order valence-electron chi connectivity index (χ1n) is 10.5. The first kappa shape index (κ1) is 24.7. The van der Waals surface area contributed by atoms with E-state index in [1.165, 1.54) is 18.6 Å². The van der Waals surface area contributed by atoms with Crippen LogP contribution in [0.1, 0.15) is 64.4 Å². The maximum Gasteiger partial charge on any atom is 0.417 e. The number of carbonyl (C=O) groups is 1. The summed E-state index contributed by atoms with van der Waals surface area (Å²) in [4.78, 5) is 11.7. The van der Waals surface area contributed by atoms with Gasteiger partial charge in [0.15, 0.2) is 0 Å². The number of piperidine rings is 1. The number of sulfonamides is 1. The van der Waals surface area contributed by atoms with Crippen LogP contribution in [0.4, 0.5) is 13.2 Å². The van der Waals surface area contributed by atoms with Crippen molar-refractivity contribution in [2.24, 2.45) is 5.92 Å². The van der Waals surface area contributed by atoms with Crippen molar-refractivity contribution in [2.75, 3.05) is 13.1 Å². The maximum absolute atomic E-state index is 13.2. The molecule has 170 valence electrons. The van der Waals surface area contributed by atoms with Crippen LogP contribution in [-0.2, 0) is 21.0 Å². The van der Waals surface area contributed by atoms with Crippen LogP contribution in [0.15, 0.2) is 29.2 Å². The minimum absolute atomic E-state index is 0.0253. The molecule has 1 fully saturated rings. The number of nitrogens with zero attached hydrogens (tertiary/aromatic N) is 1. The zero-order valence-corrected chi connectivity index (χ0v) is 18.4. The third-order valence-corrected chi connectivity index (χ3v) is 7.47. The van der Waals surface area contributed by atoms with Gasteiger partial charge < -0.3 is 5.32 Å². The van der Waals surface area contributed by atoms with E-state index in [2.05, 4.69) is 12.2 Å². The number of carbonyl (C=O) groups excluding carboxylic acids is 1. The van der Waals surface area contributed by atoms with Crippen molar-refractivity contribution in [3.63, 3.8) is 0 Å². The van der Waals surface area contributed by atoms with Gasteiger partial charge in [-0.25, -0.2) is 8.42 Å². The lowest BCUT2D eigenvalue weighted by Gasteiger charge is -2.31. The van der Waals surface area contributed by atoms with Crippen molar-refractivity contribution in [1.82, 2.24) is 9.62 Å². The first-order valence-corrected chi connectivity index (χ1v) is 12.0. The van der Waals surface area contributed by atoms with Crippen molar-refractivity contribution in [2.45, 2.75) is 75.9 Å². The van der Waals surface area contributed by atoms with Crippen molar-refractivity contribution in [1.29, 1.82) is 0 Å². The van der Waals surface area contributed by atoms with Crippen LogP contribution in [-0.4, -0.2) is 37.8 Å². The Bertz CT molecular complexity index is 804. The molecule has 1 saturated heterocycles. The van der Waals surface area contributed by atoms with E-state index in [9.17, 15) is 26.4 Å². The molecule has 0 aromatic heterocycles. The number of halogens is 3.